The first kappa shape index (κ1) is 14.8. The normalized spacial score (nSPS) is 10.9. The van der Waals surface area contributed by atoms with E-state index in [0.717, 1.165) is 0 Å². The van der Waals surface area contributed by atoms with E-state index in [1.165, 1.54) is 38.1 Å². The second-order valence-corrected chi connectivity index (χ2v) is 4.45. The molecule has 0 amide bonds. The molecule has 0 aliphatic rings. The number of ether oxygens (including phenoxy) is 1. The Bertz CT molecular complexity index is 522. The number of hydrogen-bond acceptors (Lipinski definition) is 5. The molecule has 0 fully saturated rings. The molecule has 0 atom stereocenters. The molecule has 0 saturated carbocycles. The molecular formula is C13H15NO5. The van der Waals surface area contributed by atoms with Crippen LogP contribution in [0.3, 0.4) is 0 Å². The van der Waals surface area contributed by atoms with Gasteiger partial charge in [-0.25, -0.2) is 0 Å². The van der Waals surface area contributed by atoms with Gasteiger partial charge in [0.05, 0.1) is 17.1 Å². The number of benzene rings is 1. The number of nitro groups is 1. The highest BCUT2D eigenvalue weighted by Gasteiger charge is 2.40. The van der Waals surface area contributed by atoms with Crippen molar-refractivity contribution >= 4 is 17.4 Å². The van der Waals surface area contributed by atoms with Gasteiger partial charge in [-0.3, -0.25) is 19.7 Å². The lowest BCUT2D eigenvalue weighted by Gasteiger charge is -2.20. The molecule has 0 radical (unpaired) electrons. The molecule has 1 aromatic rings. The predicted molar refractivity (Wildman–Crippen MR) is 67.8 cm³/mol. The van der Waals surface area contributed by atoms with Crippen molar-refractivity contribution < 1.29 is 19.2 Å². The zero-order valence-electron chi connectivity index (χ0n) is 11.0. The maximum absolute atomic E-state index is 12.3. The van der Waals surface area contributed by atoms with Crippen LogP contribution in [0.25, 0.3) is 0 Å². The van der Waals surface area contributed by atoms with Gasteiger partial charge in [-0.15, -0.1) is 0 Å². The fourth-order valence-electron chi connectivity index (χ4n) is 1.57. The van der Waals surface area contributed by atoms with Crippen molar-refractivity contribution in [2.75, 3.05) is 6.61 Å². The summed E-state index contributed by atoms with van der Waals surface area (Å²) in [6.07, 6.45) is 0. The van der Waals surface area contributed by atoms with Crippen LogP contribution in [0, 0.1) is 15.5 Å². The number of esters is 1. The lowest BCUT2D eigenvalue weighted by molar-refractivity contribution is -0.385. The van der Waals surface area contributed by atoms with Crippen molar-refractivity contribution in [2.24, 2.45) is 5.41 Å². The van der Waals surface area contributed by atoms with E-state index in [0.29, 0.717) is 0 Å². The van der Waals surface area contributed by atoms with Crippen LogP contribution in [0.5, 0.6) is 0 Å². The summed E-state index contributed by atoms with van der Waals surface area (Å²) >= 11 is 0. The van der Waals surface area contributed by atoms with Crippen LogP contribution in [0.4, 0.5) is 5.69 Å². The number of Topliss-reactive ketones (excluding diaryl/α,β-unsaturated/α-hetero) is 1. The number of ketones is 1. The largest absolute Gasteiger partial charge is 0.465 e. The topological polar surface area (TPSA) is 86.5 Å². The van der Waals surface area contributed by atoms with Gasteiger partial charge in [0.15, 0.2) is 5.78 Å². The van der Waals surface area contributed by atoms with Crippen molar-refractivity contribution in [1.29, 1.82) is 0 Å². The summed E-state index contributed by atoms with van der Waals surface area (Å²) in [7, 11) is 0. The molecule has 0 spiro atoms. The van der Waals surface area contributed by atoms with E-state index in [1.54, 1.807) is 6.92 Å². The molecule has 1 rings (SSSR count). The lowest BCUT2D eigenvalue weighted by atomic mass is 9.84. The van der Waals surface area contributed by atoms with Gasteiger partial charge in [0.1, 0.15) is 5.41 Å². The quantitative estimate of drug-likeness (QED) is 0.268. The number of hydrogen-bond donors (Lipinski definition) is 0. The number of carbonyl (C=O) groups is 2. The molecule has 0 unspecified atom stereocenters. The monoisotopic (exact) mass is 265 g/mol. The van der Waals surface area contributed by atoms with Crippen molar-refractivity contribution in [2.45, 2.75) is 20.8 Å². The van der Waals surface area contributed by atoms with E-state index in [2.05, 4.69) is 0 Å². The molecule has 0 saturated heterocycles. The Hall–Kier alpha value is -2.24. The van der Waals surface area contributed by atoms with E-state index >= 15 is 0 Å². The van der Waals surface area contributed by atoms with E-state index in [1.807, 2.05) is 0 Å². The molecule has 0 aliphatic heterocycles. The Morgan fingerprint density at radius 2 is 1.89 bits per heavy atom. The molecule has 102 valence electrons. The van der Waals surface area contributed by atoms with Crippen LogP contribution in [-0.2, 0) is 9.53 Å². The maximum atomic E-state index is 12.3. The highest BCUT2D eigenvalue weighted by Crippen LogP contribution is 2.28. The lowest BCUT2D eigenvalue weighted by Crippen LogP contribution is -2.35. The average molecular weight is 265 g/mol. The summed E-state index contributed by atoms with van der Waals surface area (Å²) in [5, 5.41) is 10.9. The minimum Gasteiger partial charge on any atom is -0.465 e. The van der Waals surface area contributed by atoms with Gasteiger partial charge in [-0.2, -0.15) is 0 Å². The smallest absolute Gasteiger partial charge is 0.319 e. The van der Waals surface area contributed by atoms with Crippen molar-refractivity contribution in [3.8, 4) is 0 Å². The summed E-state index contributed by atoms with van der Waals surface area (Å²) in [5.41, 5.74) is -1.86. The summed E-state index contributed by atoms with van der Waals surface area (Å²) < 4.78 is 4.82. The zero-order valence-corrected chi connectivity index (χ0v) is 11.0. The minimum absolute atomic E-state index is 0.0921. The van der Waals surface area contributed by atoms with Gasteiger partial charge in [0.2, 0.25) is 0 Å². The van der Waals surface area contributed by atoms with E-state index < -0.39 is 22.1 Å². The second-order valence-electron chi connectivity index (χ2n) is 4.45. The Morgan fingerprint density at radius 3 is 2.42 bits per heavy atom. The zero-order chi connectivity index (χ0) is 14.6. The Balaban J connectivity index is 3.20. The fraction of sp³-hybridized carbons (Fsp3) is 0.385. The summed E-state index contributed by atoms with van der Waals surface area (Å²) in [6, 6.07) is 5.55. The minimum atomic E-state index is -1.46. The standard InChI is InChI=1S/C13H15NO5/c1-4-19-12(16)13(2,3)11(15)9-7-5-6-8-10(9)14(17)18/h5-8H,4H2,1-3H3. The van der Waals surface area contributed by atoms with Gasteiger partial charge in [0.25, 0.3) is 5.69 Å². The van der Waals surface area contributed by atoms with Crippen LogP contribution >= 0.6 is 0 Å². The van der Waals surface area contributed by atoms with Gasteiger partial charge in [-0.1, -0.05) is 12.1 Å². The molecular weight excluding hydrogens is 250 g/mol. The highest BCUT2D eigenvalue weighted by atomic mass is 16.6. The molecule has 19 heavy (non-hydrogen) atoms. The van der Waals surface area contributed by atoms with Gasteiger partial charge in [0, 0.05) is 6.07 Å². The summed E-state index contributed by atoms with van der Waals surface area (Å²) in [4.78, 5) is 34.3. The molecule has 0 aliphatic carbocycles. The van der Waals surface area contributed by atoms with E-state index in [9.17, 15) is 19.7 Å². The molecule has 0 heterocycles. The fourth-order valence-corrected chi connectivity index (χ4v) is 1.57. The van der Waals surface area contributed by atoms with Crippen LogP contribution in [0.1, 0.15) is 31.1 Å². The number of nitro benzene ring substituents is 1. The number of carbonyl (C=O) groups excluding carboxylic acids is 2. The summed E-state index contributed by atoms with van der Waals surface area (Å²) in [5.74, 6) is -1.32. The van der Waals surface area contributed by atoms with Crippen molar-refractivity contribution in [3.05, 3.63) is 39.9 Å². The third-order valence-corrected chi connectivity index (χ3v) is 2.70. The summed E-state index contributed by atoms with van der Waals surface area (Å²) in [6.45, 7) is 4.56. The first-order valence-electron chi connectivity index (χ1n) is 5.77. The van der Waals surface area contributed by atoms with Crippen LogP contribution in [0.2, 0.25) is 0 Å². The van der Waals surface area contributed by atoms with Crippen LogP contribution in [0.15, 0.2) is 24.3 Å². The first-order chi connectivity index (χ1) is 8.82. The van der Waals surface area contributed by atoms with Crippen molar-refractivity contribution in [3.63, 3.8) is 0 Å². The Kier molecular flexibility index (Phi) is 4.37. The molecule has 0 bridgehead atoms. The molecule has 6 heteroatoms. The second kappa shape index (κ2) is 5.60. The molecule has 1 aromatic carbocycles. The highest BCUT2D eigenvalue weighted by molar-refractivity contribution is 6.13. The average Bonchev–Trinajstić information content (AvgIpc) is 2.38. The number of rotatable bonds is 5. The Morgan fingerprint density at radius 1 is 1.32 bits per heavy atom. The molecule has 6 nitrogen and oxygen atoms in total. The third kappa shape index (κ3) is 2.96. The van der Waals surface area contributed by atoms with Crippen molar-refractivity contribution in [1.82, 2.24) is 0 Å². The number of para-hydroxylation sites is 1. The molecule has 0 aromatic heterocycles. The Labute approximate surface area is 110 Å². The van der Waals surface area contributed by atoms with Gasteiger partial charge >= 0.3 is 5.97 Å². The molecule has 0 N–H and O–H groups in total. The van der Waals surface area contributed by atoms with Gasteiger partial charge < -0.3 is 4.74 Å². The van der Waals surface area contributed by atoms with E-state index in [-0.39, 0.29) is 17.9 Å². The van der Waals surface area contributed by atoms with Crippen LogP contribution in [-0.4, -0.2) is 23.3 Å². The third-order valence-electron chi connectivity index (χ3n) is 2.70. The SMILES string of the molecule is CCOC(=O)C(C)(C)C(=O)c1ccccc1[N+](=O)[O-]. The predicted octanol–water partition coefficient (Wildman–Crippen LogP) is 2.37. The number of nitrogens with zero attached hydrogens (tertiary/aromatic N) is 1. The van der Waals surface area contributed by atoms with Gasteiger partial charge in [-0.05, 0) is 26.8 Å². The maximum Gasteiger partial charge on any atom is 0.319 e. The van der Waals surface area contributed by atoms with Crippen LogP contribution < -0.4 is 0 Å². The first-order valence-corrected chi connectivity index (χ1v) is 5.77. The van der Waals surface area contributed by atoms with E-state index in [4.69, 9.17) is 4.74 Å².